The van der Waals surface area contributed by atoms with Crippen LogP contribution in [-0.2, 0) is 9.53 Å². The van der Waals surface area contributed by atoms with Crippen molar-refractivity contribution in [1.29, 1.82) is 0 Å². The van der Waals surface area contributed by atoms with E-state index in [2.05, 4.69) is 29.2 Å². The van der Waals surface area contributed by atoms with Gasteiger partial charge >= 0.3 is 0 Å². The molecule has 5 nitrogen and oxygen atoms in total. The number of ether oxygens (including phenoxy) is 1. The van der Waals surface area contributed by atoms with Crippen molar-refractivity contribution < 1.29 is 9.53 Å². The lowest BCUT2D eigenvalue weighted by Gasteiger charge is -2.39. The number of nitrogens with zero attached hydrogens (tertiary/aromatic N) is 2. The van der Waals surface area contributed by atoms with E-state index in [9.17, 15) is 4.79 Å². The fraction of sp³-hybridized carbons (Fsp3) is 0.941. The number of hydrogen-bond acceptors (Lipinski definition) is 4. The second-order valence-corrected chi connectivity index (χ2v) is 7.40. The van der Waals surface area contributed by atoms with E-state index >= 15 is 0 Å². The highest BCUT2D eigenvalue weighted by Gasteiger charge is 2.37. The fourth-order valence-electron chi connectivity index (χ4n) is 4.37. The lowest BCUT2D eigenvalue weighted by molar-refractivity contribution is -0.135. The van der Waals surface area contributed by atoms with Gasteiger partial charge in [0.2, 0.25) is 5.91 Å². The van der Waals surface area contributed by atoms with Gasteiger partial charge in [0.1, 0.15) is 6.04 Å². The second-order valence-electron chi connectivity index (χ2n) is 7.40. The first-order valence-corrected chi connectivity index (χ1v) is 8.95. The van der Waals surface area contributed by atoms with Gasteiger partial charge < -0.3 is 15.0 Å². The van der Waals surface area contributed by atoms with E-state index in [1.165, 1.54) is 32.1 Å². The zero-order valence-electron chi connectivity index (χ0n) is 14.1. The summed E-state index contributed by atoms with van der Waals surface area (Å²) in [7, 11) is 4.26. The minimum absolute atomic E-state index is 0.0738. The Kier molecular flexibility index (Phi) is 5.37. The molecule has 1 heterocycles. The summed E-state index contributed by atoms with van der Waals surface area (Å²) >= 11 is 0. The van der Waals surface area contributed by atoms with E-state index in [4.69, 9.17) is 4.74 Å². The molecule has 0 radical (unpaired) electrons. The lowest BCUT2D eigenvalue weighted by atomic mass is 10.1. The summed E-state index contributed by atoms with van der Waals surface area (Å²) in [5.41, 5.74) is 0. The zero-order valence-corrected chi connectivity index (χ0v) is 14.1. The topological polar surface area (TPSA) is 44.8 Å². The van der Waals surface area contributed by atoms with Crippen molar-refractivity contribution in [3.8, 4) is 0 Å². The van der Waals surface area contributed by atoms with Gasteiger partial charge in [0.15, 0.2) is 0 Å². The SMILES string of the molecule is CN(C)[C@H]1CC[C@@H](NC(=O)C2COCCN2C2CCCC2)C1. The van der Waals surface area contributed by atoms with Gasteiger partial charge in [0.05, 0.1) is 13.2 Å². The van der Waals surface area contributed by atoms with E-state index in [0.29, 0.717) is 24.7 Å². The molecule has 5 heteroatoms. The van der Waals surface area contributed by atoms with E-state index in [0.717, 1.165) is 26.0 Å². The largest absolute Gasteiger partial charge is 0.378 e. The molecule has 22 heavy (non-hydrogen) atoms. The Balaban J connectivity index is 1.55. The van der Waals surface area contributed by atoms with Crippen molar-refractivity contribution in [3.63, 3.8) is 0 Å². The van der Waals surface area contributed by atoms with Crippen LogP contribution in [-0.4, -0.2) is 73.7 Å². The Labute approximate surface area is 134 Å². The molecule has 1 N–H and O–H groups in total. The molecule has 3 atom stereocenters. The lowest BCUT2D eigenvalue weighted by Crippen LogP contribution is -2.57. The molecule has 2 saturated carbocycles. The van der Waals surface area contributed by atoms with Crippen LogP contribution in [0.4, 0.5) is 0 Å². The summed E-state index contributed by atoms with van der Waals surface area (Å²) < 4.78 is 5.61. The van der Waals surface area contributed by atoms with Crippen molar-refractivity contribution in [2.75, 3.05) is 33.9 Å². The maximum Gasteiger partial charge on any atom is 0.239 e. The van der Waals surface area contributed by atoms with Gasteiger partial charge in [0.25, 0.3) is 0 Å². The summed E-state index contributed by atoms with van der Waals surface area (Å²) in [4.78, 5) is 17.5. The molecule has 0 spiro atoms. The summed E-state index contributed by atoms with van der Waals surface area (Å²) in [5.74, 6) is 0.191. The number of amides is 1. The molecule has 3 fully saturated rings. The maximum atomic E-state index is 12.8. The van der Waals surface area contributed by atoms with Crippen molar-refractivity contribution in [2.45, 2.75) is 69.1 Å². The summed E-state index contributed by atoms with van der Waals surface area (Å²) in [5, 5.41) is 3.30. The summed E-state index contributed by atoms with van der Waals surface area (Å²) in [6, 6.07) is 1.47. The second kappa shape index (κ2) is 7.28. The highest BCUT2D eigenvalue weighted by atomic mass is 16.5. The number of morpholine rings is 1. The molecule has 1 aliphatic heterocycles. The third kappa shape index (κ3) is 3.63. The van der Waals surface area contributed by atoms with Gasteiger partial charge in [0, 0.05) is 24.7 Å². The third-order valence-electron chi connectivity index (χ3n) is 5.75. The Morgan fingerprint density at radius 2 is 1.95 bits per heavy atom. The number of rotatable bonds is 4. The van der Waals surface area contributed by atoms with Gasteiger partial charge in [-0.05, 0) is 46.2 Å². The normalized spacial score (nSPS) is 34.4. The van der Waals surface area contributed by atoms with Crippen LogP contribution < -0.4 is 5.32 Å². The first-order chi connectivity index (χ1) is 10.6. The molecule has 0 bridgehead atoms. The number of hydrogen-bond donors (Lipinski definition) is 1. The highest BCUT2D eigenvalue weighted by Crippen LogP contribution is 2.27. The van der Waals surface area contributed by atoms with E-state index < -0.39 is 0 Å². The van der Waals surface area contributed by atoms with E-state index in [1.807, 2.05) is 0 Å². The zero-order chi connectivity index (χ0) is 15.5. The smallest absolute Gasteiger partial charge is 0.239 e. The predicted octanol–water partition coefficient (Wildman–Crippen LogP) is 1.23. The highest BCUT2D eigenvalue weighted by molar-refractivity contribution is 5.82. The van der Waals surface area contributed by atoms with Gasteiger partial charge in [-0.2, -0.15) is 0 Å². The van der Waals surface area contributed by atoms with Gasteiger partial charge in [-0.1, -0.05) is 12.8 Å². The first-order valence-electron chi connectivity index (χ1n) is 8.95. The predicted molar refractivity (Wildman–Crippen MR) is 86.8 cm³/mol. The van der Waals surface area contributed by atoms with Gasteiger partial charge in [-0.3, -0.25) is 9.69 Å². The van der Waals surface area contributed by atoms with Gasteiger partial charge in [-0.25, -0.2) is 0 Å². The maximum absolute atomic E-state index is 12.8. The van der Waals surface area contributed by atoms with Crippen LogP contribution in [0.15, 0.2) is 0 Å². The molecule has 1 amide bonds. The number of carbonyl (C=O) groups is 1. The quantitative estimate of drug-likeness (QED) is 0.848. The van der Waals surface area contributed by atoms with Gasteiger partial charge in [-0.15, -0.1) is 0 Å². The Morgan fingerprint density at radius 1 is 1.18 bits per heavy atom. The van der Waals surface area contributed by atoms with Crippen LogP contribution in [0.5, 0.6) is 0 Å². The van der Waals surface area contributed by atoms with Crippen molar-refractivity contribution in [2.24, 2.45) is 0 Å². The molecule has 0 aromatic rings. The van der Waals surface area contributed by atoms with Crippen LogP contribution in [0.2, 0.25) is 0 Å². The van der Waals surface area contributed by atoms with Crippen LogP contribution in [0.3, 0.4) is 0 Å². The molecular formula is C17H31N3O2. The Hall–Kier alpha value is -0.650. The molecule has 2 aliphatic carbocycles. The molecule has 1 saturated heterocycles. The number of nitrogens with one attached hydrogen (secondary N) is 1. The molecular weight excluding hydrogens is 278 g/mol. The fourth-order valence-corrected chi connectivity index (χ4v) is 4.37. The molecule has 0 aromatic heterocycles. The molecule has 3 aliphatic rings. The van der Waals surface area contributed by atoms with Crippen molar-refractivity contribution in [3.05, 3.63) is 0 Å². The van der Waals surface area contributed by atoms with Crippen LogP contribution >= 0.6 is 0 Å². The number of carbonyl (C=O) groups excluding carboxylic acids is 1. The minimum atomic E-state index is -0.0738. The van der Waals surface area contributed by atoms with Crippen LogP contribution in [0.25, 0.3) is 0 Å². The Bertz CT molecular complexity index is 382. The van der Waals surface area contributed by atoms with Crippen LogP contribution in [0.1, 0.15) is 44.9 Å². The third-order valence-corrected chi connectivity index (χ3v) is 5.75. The summed E-state index contributed by atoms with van der Waals surface area (Å²) in [6.07, 6.45) is 8.48. The monoisotopic (exact) mass is 309 g/mol. The summed E-state index contributed by atoms with van der Waals surface area (Å²) in [6.45, 7) is 2.24. The molecule has 0 aromatic carbocycles. The molecule has 3 rings (SSSR count). The Morgan fingerprint density at radius 3 is 2.64 bits per heavy atom. The van der Waals surface area contributed by atoms with E-state index in [1.54, 1.807) is 0 Å². The minimum Gasteiger partial charge on any atom is -0.378 e. The molecule has 1 unspecified atom stereocenters. The van der Waals surface area contributed by atoms with Crippen LogP contribution in [0, 0.1) is 0 Å². The van der Waals surface area contributed by atoms with E-state index in [-0.39, 0.29) is 11.9 Å². The average molecular weight is 309 g/mol. The molecule has 126 valence electrons. The first kappa shape index (κ1) is 16.2. The van der Waals surface area contributed by atoms with Crippen molar-refractivity contribution in [1.82, 2.24) is 15.1 Å². The standard InChI is InChI=1S/C17H31N3O2/c1-19(2)15-8-7-13(11-15)18-17(21)16-12-22-10-9-20(16)14-5-3-4-6-14/h13-16H,3-12H2,1-2H3,(H,18,21)/t13-,15+,16?/m1/s1. The average Bonchev–Trinajstić information content (AvgIpc) is 3.18. The van der Waals surface area contributed by atoms with Crippen molar-refractivity contribution >= 4 is 5.91 Å².